The molecular formula is C30H35BN5O6W-. The molecule has 43 heavy (non-hydrogen) atoms. The van der Waals surface area contributed by atoms with Crippen molar-refractivity contribution < 1.29 is 45.0 Å². The zero-order chi connectivity index (χ0) is 29.9. The Morgan fingerprint density at radius 3 is 2.51 bits per heavy atom. The van der Waals surface area contributed by atoms with E-state index in [1.54, 1.807) is 30.9 Å². The van der Waals surface area contributed by atoms with Gasteiger partial charge in [0.15, 0.2) is 0 Å². The average molecular weight is 756 g/mol. The smallest absolute Gasteiger partial charge is 0.277 e. The summed E-state index contributed by atoms with van der Waals surface area (Å²) in [6.07, 6.45) is 0.426. The summed E-state index contributed by atoms with van der Waals surface area (Å²) in [7, 11) is 5.84. The van der Waals surface area contributed by atoms with E-state index in [0.29, 0.717) is 48.3 Å². The monoisotopic (exact) mass is 756 g/mol. The first-order valence-electron chi connectivity index (χ1n) is 13.9. The Hall–Kier alpha value is -3.18. The van der Waals surface area contributed by atoms with E-state index in [4.69, 9.17) is 26.9 Å². The largest absolute Gasteiger partial charge is 0.555 e. The topological polar surface area (TPSA) is 120 Å². The van der Waals surface area contributed by atoms with Crippen molar-refractivity contribution in [2.45, 2.75) is 39.3 Å². The van der Waals surface area contributed by atoms with Crippen LogP contribution in [0.25, 0.3) is 10.8 Å². The minimum absolute atomic E-state index is 0. The van der Waals surface area contributed by atoms with Gasteiger partial charge >= 0.3 is 0 Å². The van der Waals surface area contributed by atoms with E-state index in [0.717, 1.165) is 17.9 Å². The second kappa shape index (κ2) is 17.2. The van der Waals surface area contributed by atoms with E-state index < -0.39 is 10.9 Å². The van der Waals surface area contributed by atoms with Crippen LogP contribution in [0.1, 0.15) is 27.2 Å². The Morgan fingerprint density at radius 2 is 1.84 bits per heavy atom. The van der Waals surface area contributed by atoms with Crippen LogP contribution in [-0.4, -0.2) is 63.7 Å². The number of nitro benzene ring substituents is 1. The number of benzene rings is 3. The molecule has 1 saturated heterocycles. The molecule has 3 atom stereocenters. The number of nitro groups is 1. The van der Waals surface area contributed by atoms with Gasteiger partial charge in [0.05, 0.1) is 46.7 Å². The summed E-state index contributed by atoms with van der Waals surface area (Å²) in [5.41, 5.74) is 3.14. The summed E-state index contributed by atoms with van der Waals surface area (Å²) in [6, 6.07) is 17.4. The van der Waals surface area contributed by atoms with Crippen LogP contribution in [0.3, 0.4) is 0 Å². The van der Waals surface area contributed by atoms with Crippen LogP contribution in [-0.2, 0) is 40.1 Å². The molecule has 0 aliphatic carbocycles. The van der Waals surface area contributed by atoms with Crippen LogP contribution in [0.15, 0.2) is 76.0 Å². The number of azo groups is 1. The van der Waals surface area contributed by atoms with Crippen molar-refractivity contribution in [3.63, 3.8) is 0 Å². The summed E-state index contributed by atoms with van der Waals surface area (Å²) >= 11 is 0. The third-order valence-electron chi connectivity index (χ3n) is 6.86. The fourth-order valence-electron chi connectivity index (χ4n) is 4.50. The van der Waals surface area contributed by atoms with Gasteiger partial charge in [0.2, 0.25) is 0 Å². The molecule has 11 nitrogen and oxygen atoms in total. The third-order valence-corrected chi connectivity index (χ3v) is 6.86. The van der Waals surface area contributed by atoms with Crippen molar-refractivity contribution >= 4 is 47.1 Å². The molecule has 4 rings (SSSR count). The van der Waals surface area contributed by atoms with Gasteiger partial charge in [-0.2, -0.15) is 5.11 Å². The maximum atomic E-state index is 11.4. The molecule has 1 fully saturated rings. The number of ether oxygens (including phenoxy) is 3. The molecule has 1 heterocycles. The third kappa shape index (κ3) is 9.66. The molecule has 226 valence electrons. The van der Waals surface area contributed by atoms with Crippen molar-refractivity contribution in [1.82, 2.24) is 0 Å². The molecular weight excluding hydrogens is 721 g/mol. The predicted molar refractivity (Wildman–Crippen MR) is 163 cm³/mol. The number of anilines is 1. The normalized spacial score (nSPS) is 18.6. The van der Waals surface area contributed by atoms with E-state index in [9.17, 15) is 10.1 Å². The van der Waals surface area contributed by atoms with E-state index in [2.05, 4.69) is 27.2 Å². The van der Waals surface area contributed by atoms with Gasteiger partial charge in [-0.05, 0) is 50.2 Å². The molecule has 1 aliphatic rings. The Balaban J connectivity index is 0.00000506. The van der Waals surface area contributed by atoms with Gasteiger partial charge < -0.3 is 23.9 Å². The first-order valence-corrected chi connectivity index (χ1v) is 13.9. The number of fused-ring (bicyclic) bond motifs is 1. The second-order valence-corrected chi connectivity index (χ2v) is 9.87. The molecule has 3 aromatic carbocycles. The van der Waals surface area contributed by atoms with Gasteiger partial charge in [0, 0.05) is 57.2 Å². The second-order valence-electron chi connectivity index (χ2n) is 9.87. The van der Waals surface area contributed by atoms with Gasteiger partial charge in [-0.3, -0.25) is 10.1 Å². The summed E-state index contributed by atoms with van der Waals surface area (Å²) in [4.78, 5) is 18.7. The number of likely N-dealkylation sites (N-methyl/N-ethyl adjacent to an activating group) is 1. The fraction of sp³-hybridized carbons (Fsp3) is 0.400. The minimum atomic E-state index is -0.456. The van der Waals surface area contributed by atoms with Crippen LogP contribution in [0.5, 0.6) is 0 Å². The summed E-state index contributed by atoms with van der Waals surface area (Å²) in [5.74, 6) is 0.127. The fourth-order valence-corrected chi connectivity index (χ4v) is 4.50. The summed E-state index contributed by atoms with van der Waals surface area (Å²) < 4.78 is 16.4. The van der Waals surface area contributed by atoms with Gasteiger partial charge in [0.25, 0.3) is 5.69 Å². The number of rotatable bonds is 15. The van der Waals surface area contributed by atoms with Gasteiger partial charge in [-0.15, -0.1) is 11.0 Å². The van der Waals surface area contributed by atoms with Crippen molar-refractivity contribution in [2.24, 2.45) is 21.3 Å². The Kier molecular flexibility index (Phi) is 13.7. The molecule has 2 radical (unpaired) electrons. The maximum absolute atomic E-state index is 11.4. The zero-order valence-corrected chi connectivity index (χ0v) is 27.4. The average Bonchev–Trinajstić information content (AvgIpc) is 3.32. The Labute approximate surface area is 267 Å². The minimum Gasteiger partial charge on any atom is -0.555 e. The number of non-ortho nitro benzene ring substituents is 1. The van der Waals surface area contributed by atoms with Crippen LogP contribution in [0, 0.1) is 22.6 Å². The molecule has 1 aliphatic heterocycles. The van der Waals surface area contributed by atoms with Crippen LogP contribution in [0.2, 0.25) is 0 Å². The van der Waals surface area contributed by atoms with Gasteiger partial charge in [-0.25, -0.2) is 6.61 Å². The molecule has 0 spiro atoms. The SMILES string of the molecule is [B][C@@H]1O[CH-][C@H](C)C1OCOCC/C(C)=N/OCCN(CC)c1ccc(N=Nc2ccc([N+](=O)[O-])c3ccccc23)cc1.[W]. The predicted octanol–water partition coefficient (Wildman–Crippen LogP) is 6.45. The number of hydrogen-bond acceptors (Lipinski definition) is 10. The first-order chi connectivity index (χ1) is 20.4. The summed E-state index contributed by atoms with van der Waals surface area (Å²) in [5, 5.41) is 25.5. The Morgan fingerprint density at radius 1 is 1.09 bits per heavy atom. The molecule has 0 amide bonds. The number of nitrogens with zero attached hydrogens (tertiary/aromatic N) is 5. The molecule has 3 aromatic rings. The number of hydrogen-bond donors (Lipinski definition) is 0. The van der Waals surface area contributed by atoms with Crippen LogP contribution in [0.4, 0.5) is 22.7 Å². The standard InChI is InChI=1S/C30H35BN5O6.W/c1-4-35(16-18-42-34-22(3)15-17-39-20-41-29-21(2)19-40-30(29)31)24-11-9-23(10-12-24)32-33-27-13-14-28(36(37)38)26-8-6-5-7-25(26)27;/h5-14,19,21,29-30H,4,15-18,20H2,1-3H3;/q-1;/b33-32?,34-22+;/t21-,29?,30+;/m0./s1. The summed E-state index contributed by atoms with van der Waals surface area (Å²) in [6.45, 7) is 10.1. The van der Waals surface area contributed by atoms with Crippen molar-refractivity contribution in [1.29, 1.82) is 0 Å². The van der Waals surface area contributed by atoms with Gasteiger partial charge in [0.1, 0.15) is 21.2 Å². The van der Waals surface area contributed by atoms with E-state index in [-0.39, 0.29) is 45.6 Å². The molecule has 13 heteroatoms. The molecule has 1 unspecified atom stereocenters. The Bertz CT molecular complexity index is 1380. The number of oxime groups is 1. The van der Waals surface area contributed by atoms with E-state index in [1.807, 2.05) is 44.2 Å². The van der Waals surface area contributed by atoms with Crippen molar-refractivity contribution in [2.75, 3.05) is 38.0 Å². The van der Waals surface area contributed by atoms with Gasteiger partial charge in [-0.1, -0.05) is 30.3 Å². The molecule has 0 N–H and O–H groups in total. The zero-order valence-electron chi connectivity index (χ0n) is 24.5. The van der Waals surface area contributed by atoms with E-state index >= 15 is 0 Å². The molecule has 0 aromatic heterocycles. The van der Waals surface area contributed by atoms with Crippen LogP contribution >= 0.6 is 0 Å². The maximum Gasteiger partial charge on any atom is 0.277 e. The molecule has 0 saturated carbocycles. The van der Waals surface area contributed by atoms with E-state index in [1.165, 1.54) is 6.07 Å². The molecule has 0 bridgehead atoms. The van der Waals surface area contributed by atoms with Crippen molar-refractivity contribution in [3.8, 4) is 0 Å². The quantitative estimate of drug-likeness (QED) is 0.0256. The first kappa shape index (κ1) is 34.3. The van der Waals surface area contributed by atoms with Crippen molar-refractivity contribution in [3.05, 3.63) is 77.4 Å². The van der Waals surface area contributed by atoms with Crippen LogP contribution < -0.4 is 4.90 Å².